The van der Waals surface area contributed by atoms with Gasteiger partial charge in [0.25, 0.3) is 0 Å². The lowest BCUT2D eigenvalue weighted by atomic mass is 10.1. The summed E-state index contributed by atoms with van der Waals surface area (Å²) in [7, 11) is 0. The average molecular weight is 274 g/mol. The third-order valence-electron chi connectivity index (χ3n) is 3.06. The number of anilines is 1. The lowest BCUT2D eigenvalue weighted by molar-refractivity contribution is 0.513. The molecule has 0 radical (unpaired) electrons. The maximum atomic E-state index is 13.9. The van der Waals surface area contributed by atoms with Gasteiger partial charge >= 0.3 is 0 Å². The van der Waals surface area contributed by atoms with Crippen molar-refractivity contribution >= 4 is 16.6 Å². The van der Waals surface area contributed by atoms with Crippen molar-refractivity contribution in [3.8, 4) is 0 Å². The molecule has 3 aromatic rings. The van der Waals surface area contributed by atoms with Crippen LogP contribution in [0.15, 0.2) is 47.2 Å². The highest BCUT2D eigenvalue weighted by Gasteiger charge is 2.11. The van der Waals surface area contributed by atoms with Crippen molar-refractivity contribution < 1.29 is 13.2 Å². The van der Waals surface area contributed by atoms with Gasteiger partial charge in [0.1, 0.15) is 22.9 Å². The maximum Gasteiger partial charge on any atom is 0.149 e. The van der Waals surface area contributed by atoms with Gasteiger partial charge in [0.2, 0.25) is 0 Å². The summed E-state index contributed by atoms with van der Waals surface area (Å²) in [5, 5.41) is 3.26. The van der Waals surface area contributed by atoms with Crippen LogP contribution in [0.1, 0.15) is 5.76 Å². The average Bonchev–Trinajstić information content (AvgIpc) is 2.96. The first-order valence-corrected chi connectivity index (χ1v) is 6.24. The maximum absolute atomic E-state index is 13.9. The summed E-state index contributed by atoms with van der Waals surface area (Å²) in [5.74, 6) is -0.186. The summed E-state index contributed by atoms with van der Waals surface area (Å²) in [4.78, 5) is 3.89. The van der Waals surface area contributed by atoms with Crippen molar-refractivity contribution in [1.82, 2.24) is 4.98 Å². The van der Waals surface area contributed by atoms with Gasteiger partial charge in [-0.2, -0.15) is 0 Å². The van der Waals surface area contributed by atoms with E-state index in [2.05, 4.69) is 10.3 Å². The molecular weight excluding hydrogens is 262 g/mol. The number of hydrogen-bond donors (Lipinski definition) is 1. The molecule has 5 heteroatoms. The molecular formula is C15H12F2N2O. The number of nitrogens with one attached hydrogen (secondary N) is 1. The van der Waals surface area contributed by atoms with E-state index >= 15 is 0 Å². The molecule has 1 N–H and O–H groups in total. The molecule has 3 rings (SSSR count). The molecule has 102 valence electrons. The summed E-state index contributed by atoms with van der Waals surface area (Å²) in [6.07, 6.45) is 3.72. The number of fused-ring (bicyclic) bond motifs is 1. The van der Waals surface area contributed by atoms with Crippen molar-refractivity contribution in [3.05, 3.63) is 60.2 Å². The van der Waals surface area contributed by atoms with Crippen LogP contribution in [0, 0.1) is 11.6 Å². The Kier molecular flexibility index (Phi) is 3.33. The Morgan fingerprint density at radius 1 is 1.10 bits per heavy atom. The molecule has 0 aliphatic heterocycles. The smallest absolute Gasteiger partial charge is 0.149 e. The van der Waals surface area contributed by atoms with Gasteiger partial charge in [-0.3, -0.25) is 4.98 Å². The van der Waals surface area contributed by atoms with Gasteiger partial charge < -0.3 is 9.73 Å². The molecule has 20 heavy (non-hydrogen) atoms. The van der Waals surface area contributed by atoms with E-state index in [-0.39, 0.29) is 10.9 Å². The zero-order valence-electron chi connectivity index (χ0n) is 10.6. The first kappa shape index (κ1) is 12.6. The molecule has 0 saturated carbocycles. The topological polar surface area (TPSA) is 38.1 Å². The SMILES string of the molecule is Fc1ccc(F)c2c(NCCc3ccco3)ccnc12. The number of hydrogen-bond acceptors (Lipinski definition) is 3. The van der Waals surface area contributed by atoms with Crippen molar-refractivity contribution in [2.75, 3.05) is 11.9 Å². The Balaban J connectivity index is 1.86. The van der Waals surface area contributed by atoms with E-state index in [0.29, 0.717) is 18.7 Å². The predicted molar refractivity (Wildman–Crippen MR) is 72.6 cm³/mol. The second kappa shape index (κ2) is 5.28. The fourth-order valence-corrected chi connectivity index (χ4v) is 2.12. The van der Waals surface area contributed by atoms with Crippen molar-refractivity contribution in [2.24, 2.45) is 0 Å². The van der Waals surface area contributed by atoms with Gasteiger partial charge in [-0.1, -0.05) is 0 Å². The van der Waals surface area contributed by atoms with Crippen molar-refractivity contribution in [2.45, 2.75) is 6.42 Å². The molecule has 0 aliphatic rings. The summed E-state index contributed by atoms with van der Waals surface area (Å²) in [6.45, 7) is 0.558. The van der Waals surface area contributed by atoms with Crippen LogP contribution in [0.5, 0.6) is 0 Å². The minimum absolute atomic E-state index is 0.0352. The van der Waals surface area contributed by atoms with Gasteiger partial charge in [0, 0.05) is 24.8 Å². The van der Waals surface area contributed by atoms with Gasteiger partial charge in [-0.05, 0) is 30.3 Å². The Bertz CT molecular complexity index is 726. The highest BCUT2D eigenvalue weighted by atomic mass is 19.1. The first-order valence-electron chi connectivity index (χ1n) is 6.24. The highest BCUT2D eigenvalue weighted by Crippen LogP contribution is 2.26. The molecule has 0 amide bonds. The van der Waals surface area contributed by atoms with Gasteiger partial charge in [0.15, 0.2) is 0 Å². The fraction of sp³-hybridized carbons (Fsp3) is 0.133. The van der Waals surface area contributed by atoms with Crippen molar-refractivity contribution in [3.63, 3.8) is 0 Å². The zero-order chi connectivity index (χ0) is 13.9. The second-order valence-electron chi connectivity index (χ2n) is 4.37. The number of nitrogens with zero attached hydrogens (tertiary/aromatic N) is 1. The first-order chi connectivity index (χ1) is 9.75. The fourth-order valence-electron chi connectivity index (χ4n) is 2.12. The largest absolute Gasteiger partial charge is 0.469 e. The molecule has 2 heterocycles. The van der Waals surface area contributed by atoms with E-state index in [9.17, 15) is 8.78 Å². The van der Waals surface area contributed by atoms with Gasteiger partial charge in [0.05, 0.1) is 11.6 Å². The summed E-state index contributed by atoms with van der Waals surface area (Å²) < 4.78 is 32.7. The van der Waals surface area contributed by atoms with E-state index in [1.165, 1.54) is 6.20 Å². The Morgan fingerprint density at radius 2 is 1.95 bits per heavy atom. The molecule has 0 unspecified atom stereocenters. The van der Waals surface area contributed by atoms with Crippen LogP contribution in [-0.2, 0) is 6.42 Å². The van der Waals surface area contributed by atoms with Crippen LogP contribution in [0.3, 0.4) is 0 Å². The van der Waals surface area contributed by atoms with Crippen LogP contribution in [0.2, 0.25) is 0 Å². The minimum Gasteiger partial charge on any atom is -0.469 e. The van der Waals surface area contributed by atoms with Crippen molar-refractivity contribution in [1.29, 1.82) is 0 Å². The summed E-state index contributed by atoms with van der Waals surface area (Å²) >= 11 is 0. The van der Waals surface area contributed by atoms with Gasteiger partial charge in [-0.25, -0.2) is 8.78 Å². The van der Waals surface area contributed by atoms with E-state index < -0.39 is 11.6 Å². The highest BCUT2D eigenvalue weighted by molar-refractivity contribution is 5.91. The van der Waals surface area contributed by atoms with Crippen LogP contribution < -0.4 is 5.32 Å². The number of pyridine rings is 1. The normalized spacial score (nSPS) is 10.9. The van der Waals surface area contributed by atoms with Crippen LogP contribution in [0.4, 0.5) is 14.5 Å². The van der Waals surface area contributed by atoms with E-state index in [4.69, 9.17) is 4.42 Å². The second-order valence-corrected chi connectivity index (χ2v) is 4.37. The van der Waals surface area contributed by atoms with Crippen LogP contribution in [-0.4, -0.2) is 11.5 Å². The molecule has 0 bridgehead atoms. The molecule has 0 atom stereocenters. The van der Waals surface area contributed by atoms with Crippen LogP contribution >= 0.6 is 0 Å². The predicted octanol–water partition coefficient (Wildman–Crippen LogP) is 3.76. The van der Waals surface area contributed by atoms with E-state index in [0.717, 1.165) is 17.9 Å². The third kappa shape index (κ3) is 2.34. The molecule has 0 fully saturated rings. The third-order valence-corrected chi connectivity index (χ3v) is 3.06. The van der Waals surface area contributed by atoms with Gasteiger partial charge in [-0.15, -0.1) is 0 Å². The Morgan fingerprint density at radius 3 is 2.75 bits per heavy atom. The Hall–Kier alpha value is -2.43. The Labute approximate surface area is 114 Å². The van der Waals surface area contributed by atoms with Crippen LogP contribution in [0.25, 0.3) is 10.9 Å². The minimum atomic E-state index is -0.531. The number of benzene rings is 1. The van der Waals surface area contributed by atoms with E-state index in [1.54, 1.807) is 12.3 Å². The molecule has 3 nitrogen and oxygen atoms in total. The lowest BCUT2D eigenvalue weighted by Gasteiger charge is -2.09. The van der Waals surface area contributed by atoms with E-state index in [1.807, 2.05) is 12.1 Å². The molecule has 2 aromatic heterocycles. The molecule has 0 aliphatic carbocycles. The number of halogens is 2. The molecule has 0 saturated heterocycles. The number of furan rings is 1. The molecule has 0 spiro atoms. The molecule has 1 aromatic carbocycles. The lowest BCUT2D eigenvalue weighted by Crippen LogP contribution is -2.06. The summed E-state index contributed by atoms with van der Waals surface area (Å²) in [5.41, 5.74) is 0.562. The quantitative estimate of drug-likeness (QED) is 0.787. The number of aromatic nitrogens is 1. The number of rotatable bonds is 4. The summed E-state index contributed by atoms with van der Waals surface area (Å²) in [6, 6.07) is 7.50. The standard InChI is InChI=1S/C15H12F2N2O/c16-11-3-4-12(17)15-14(11)13(6-8-19-15)18-7-5-10-2-1-9-20-10/h1-4,6,8-9H,5,7H2,(H,18,19). The zero-order valence-corrected chi connectivity index (χ0v) is 10.6. The monoisotopic (exact) mass is 274 g/mol.